The number of halogens is 1. The second kappa shape index (κ2) is 9.98. The van der Waals surface area contributed by atoms with Crippen molar-refractivity contribution in [3.8, 4) is 0 Å². The molecule has 2 aromatic carbocycles. The molecule has 3 unspecified atom stereocenters. The fraction of sp³-hybridized carbons (Fsp3) is 0.483. The van der Waals surface area contributed by atoms with Gasteiger partial charge in [0.15, 0.2) is 0 Å². The number of amides is 3. The second-order valence-electron chi connectivity index (χ2n) is 10.9. The minimum atomic E-state index is -1.18. The number of hydrogen-bond donors (Lipinski definition) is 3. The van der Waals surface area contributed by atoms with E-state index in [4.69, 9.17) is 16.3 Å². The number of aliphatic hydroxyl groups excluding tert-OH is 1. The predicted molar refractivity (Wildman–Crippen MR) is 143 cm³/mol. The Balaban J connectivity index is 1.51. The van der Waals surface area contributed by atoms with Gasteiger partial charge < -0.3 is 25.4 Å². The Hall–Kier alpha value is -2.94. The van der Waals surface area contributed by atoms with E-state index < -0.39 is 41.0 Å². The molecular weight excluding hydrogens is 506 g/mol. The molecule has 0 radical (unpaired) electrons. The summed E-state index contributed by atoms with van der Waals surface area (Å²) in [6.07, 6.45) is 0.910. The molecule has 3 saturated heterocycles. The number of likely N-dealkylation sites (tertiary alicyclic amines) is 1. The van der Waals surface area contributed by atoms with Crippen LogP contribution in [0.1, 0.15) is 39.2 Å². The van der Waals surface area contributed by atoms with Crippen LogP contribution in [0.2, 0.25) is 5.02 Å². The Kier molecular flexibility index (Phi) is 7.00. The first kappa shape index (κ1) is 26.7. The average Bonchev–Trinajstić information content (AvgIpc) is 3.42. The molecule has 3 N–H and O–H groups in total. The first-order valence-corrected chi connectivity index (χ1v) is 13.5. The molecule has 3 aliphatic rings. The van der Waals surface area contributed by atoms with E-state index in [1.807, 2.05) is 51.1 Å². The molecular formula is C29H34ClN3O5. The van der Waals surface area contributed by atoms with Gasteiger partial charge in [0.25, 0.3) is 0 Å². The molecule has 8 nitrogen and oxygen atoms in total. The summed E-state index contributed by atoms with van der Waals surface area (Å²) in [6, 6.07) is 14.7. The first-order valence-electron chi connectivity index (χ1n) is 13.2. The quantitative estimate of drug-likeness (QED) is 0.477. The van der Waals surface area contributed by atoms with Crippen LogP contribution in [-0.2, 0) is 25.7 Å². The summed E-state index contributed by atoms with van der Waals surface area (Å²) in [6.45, 7) is 5.78. The summed E-state index contributed by atoms with van der Waals surface area (Å²) in [4.78, 5) is 43.3. The highest BCUT2D eigenvalue weighted by Gasteiger charge is 2.80. The third-order valence-corrected chi connectivity index (χ3v) is 9.03. The van der Waals surface area contributed by atoms with E-state index in [9.17, 15) is 19.5 Å². The maximum atomic E-state index is 14.1. The number of nitrogens with zero attached hydrogens (tertiary/aromatic N) is 1. The number of anilines is 1. The van der Waals surface area contributed by atoms with Gasteiger partial charge in [-0.3, -0.25) is 14.4 Å². The molecule has 7 atom stereocenters. The van der Waals surface area contributed by atoms with E-state index in [-0.39, 0.29) is 24.3 Å². The number of fused-ring (bicyclic) bond motifs is 1. The lowest BCUT2D eigenvalue weighted by atomic mass is 9.62. The van der Waals surface area contributed by atoms with Gasteiger partial charge in [-0.15, -0.1) is 0 Å². The first-order chi connectivity index (χ1) is 18.2. The number of carbonyl (C=O) groups excluding carboxylic acids is 3. The van der Waals surface area contributed by atoms with E-state index in [1.165, 1.54) is 4.90 Å². The van der Waals surface area contributed by atoms with Gasteiger partial charge in [-0.25, -0.2) is 0 Å². The number of rotatable bonds is 8. The van der Waals surface area contributed by atoms with Crippen LogP contribution in [0.3, 0.4) is 0 Å². The van der Waals surface area contributed by atoms with Crippen molar-refractivity contribution < 1.29 is 24.2 Å². The number of aliphatic hydroxyl groups is 1. The van der Waals surface area contributed by atoms with Gasteiger partial charge in [0.05, 0.1) is 30.1 Å². The Morgan fingerprint density at radius 2 is 1.84 bits per heavy atom. The van der Waals surface area contributed by atoms with Gasteiger partial charge in [-0.05, 0) is 55.5 Å². The Morgan fingerprint density at radius 1 is 1.16 bits per heavy atom. The van der Waals surface area contributed by atoms with Crippen LogP contribution in [-0.4, -0.2) is 57.6 Å². The van der Waals surface area contributed by atoms with Gasteiger partial charge in [0.1, 0.15) is 11.6 Å². The minimum Gasteiger partial charge on any atom is -0.394 e. The monoisotopic (exact) mass is 539 g/mol. The van der Waals surface area contributed by atoms with E-state index >= 15 is 0 Å². The van der Waals surface area contributed by atoms with E-state index in [2.05, 4.69) is 10.6 Å². The van der Waals surface area contributed by atoms with Gasteiger partial charge in [0, 0.05) is 17.3 Å². The fourth-order valence-electron chi connectivity index (χ4n) is 6.82. The molecule has 0 saturated carbocycles. The van der Waals surface area contributed by atoms with E-state index in [0.717, 1.165) is 5.56 Å². The lowest BCUT2D eigenvalue weighted by molar-refractivity contribution is -0.149. The van der Waals surface area contributed by atoms with Gasteiger partial charge in [-0.1, -0.05) is 55.8 Å². The van der Waals surface area contributed by atoms with E-state index in [1.54, 1.807) is 24.3 Å². The van der Waals surface area contributed by atoms with Crippen molar-refractivity contribution >= 4 is 35.0 Å². The van der Waals surface area contributed by atoms with Crippen molar-refractivity contribution in [1.82, 2.24) is 10.2 Å². The summed E-state index contributed by atoms with van der Waals surface area (Å²) < 4.78 is 6.71. The van der Waals surface area contributed by atoms with Crippen molar-refractivity contribution in [1.29, 1.82) is 0 Å². The van der Waals surface area contributed by atoms with E-state index in [0.29, 0.717) is 30.1 Å². The van der Waals surface area contributed by atoms with Crippen LogP contribution in [0, 0.1) is 17.8 Å². The number of ether oxygens (including phenoxy) is 1. The highest BCUT2D eigenvalue weighted by molar-refractivity contribution is 6.30. The smallest absolute Gasteiger partial charge is 0.250 e. The Labute approximate surface area is 227 Å². The molecule has 1 spiro atoms. The summed E-state index contributed by atoms with van der Waals surface area (Å²) in [5.74, 6) is -2.66. The van der Waals surface area contributed by atoms with Crippen LogP contribution in [0.15, 0.2) is 54.6 Å². The van der Waals surface area contributed by atoms with Crippen LogP contribution < -0.4 is 10.6 Å². The predicted octanol–water partition coefficient (Wildman–Crippen LogP) is 3.38. The molecule has 0 aromatic heterocycles. The molecule has 38 heavy (non-hydrogen) atoms. The van der Waals surface area contributed by atoms with Crippen LogP contribution >= 0.6 is 11.6 Å². The highest BCUT2D eigenvalue weighted by Crippen LogP contribution is 2.65. The van der Waals surface area contributed by atoms with Crippen LogP contribution in [0.4, 0.5) is 5.69 Å². The summed E-state index contributed by atoms with van der Waals surface area (Å²) in [7, 11) is 0. The largest absolute Gasteiger partial charge is 0.394 e. The normalized spacial score (nSPS) is 32.2. The standard InChI is InChI=1S/C29H34ClN3O5/c1-4-21(16-34)33-24(26(36)32-20-12-10-19(30)11-13-20)29-14-17(2)28(3,38-29)22(23(29)27(33)37)25(35)31-15-18-8-6-5-7-9-18/h5-13,17,21-24,34H,4,14-16H2,1-3H3,(H,31,35)(H,32,36)/t17?,21-,22+,23-,24?,28-,29?/m0/s1. The van der Waals surface area contributed by atoms with Gasteiger partial charge in [-0.2, -0.15) is 0 Å². The molecule has 2 bridgehead atoms. The third kappa shape index (κ3) is 4.10. The number of carbonyl (C=O) groups is 3. The average molecular weight is 540 g/mol. The second-order valence-corrected chi connectivity index (χ2v) is 11.3. The van der Waals surface area contributed by atoms with Crippen molar-refractivity contribution in [2.24, 2.45) is 17.8 Å². The molecule has 0 aliphatic carbocycles. The topological polar surface area (TPSA) is 108 Å². The lowest BCUT2D eigenvalue weighted by Crippen LogP contribution is -2.56. The minimum absolute atomic E-state index is 0.0704. The van der Waals surface area contributed by atoms with Crippen molar-refractivity contribution in [2.75, 3.05) is 11.9 Å². The van der Waals surface area contributed by atoms with Gasteiger partial charge in [0.2, 0.25) is 17.7 Å². The zero-order valence-electron chi connectivity index (χ0n) is 21.8. The SMILES string of the molecule is CC[C@@H](CO)N1C(=O)[C@@H]2[C@H](C(=O)NCc3ccccc3)[C@@]3(C)OC2(CC3C)C1C(=O)Nc1ccc(Cl)cc1. The Morgan fingerprint density at radius 3 is 2.47 bits per heavy atom. The van der Waals surface area contributed by atoms with Gasteiger partial charge >= 0.3 is 0 Å². The van der Waals surface area contributed by atoms with Crippen LogP contribution in [0.5, 0.6) is 0 Å². The zero-order valence-corrected chi connectivity index (χ0v) is 22.6. The fourth-order valence-corrected chi connectivity index (χ4v) is 6.95. The molecule has 9 heteroatoms. The zero-order chi connectivity index (χ0) is 27.2. The summed E-state index contributed by atoms with van der Waals surface area (Å²) in [5, 5.41) is 16.6. The highest BCUT2D eigenvalue weighted by atomic mass is 35.5. The molecule has 3 aliphatic heterocycles. The van der Waals surface area contributed by atoms with Crippen molar-refractivity contribution in [3.05, 3.63) is 65.2 Å². The molecule has 3 amide bonds. The Bertz CT molecular complexity index is 1220. The molecule has 2 aromatic rings. The summed E-state index contributed by atoms with van der Waals surface area (Å²) >= 11 is 6.01. The number of hydrogen-bond acceptors (Lipinski definition) is 5. The maximum absolute atomic E-state index is 14.1. The maximum Gasteiger partial charge on any atom is 0.250 e. The van der Waals surface area contributed by atoms with Crippen LogP contribution in [0.25, 0.3) is 0 Å². The molecule has 202 valence electrons. The molecule has 3 fully saturated rings. The lowest BCUT2D eigenvalue weighted by Gasteiger charge is -2.36. The van der Waals surface area contributed by atoms with Crippen molar-refractivity contribution in [2.45, 2.75) is 63.4 Å². The summed E-state index contributed by atoms with van der Waals surface area (Å²) in [5.41, 5.74) is -0.608. The van der Waals surface area contributed by atoms with Crippen molar-refractivity contribution in [3.63, 3.8) is 0 Å². The molecule has 3 heterocycles. The number of nitrogens with one attached hydrogen (secondary N) is 2. The molecule has 5 rings (SSSR count). The number of benzene rings is 2. The third-order valence-electron chi connectivity index (χ3n) is 8.78.